The molecule has 18 heavy (non-hydrogen) atoms. The summed E-state index contributed by atoms with van der Waals surface area (Å²) in [7, 11) is 0. The van der Waals surface area contributed by atoms with Crippen LogP contribution in [0, 0.1) is 0 Å². The van der Waals surface area contributed by atoms with Crippen molar-refractivity contribution in [1.82, 2.24) is 4.98 Å². The fourth-order valence-electron chi connectivity index (χ4n) is 2.03. The molecule has 0 amide bonds. The lowest BCUT2D eigenvalue weighted by Gasteiger charge is -2.18. The summed E-state index contributed by atoms with van der Waals surface area (Å²) in [6.45, 7) is 3.20. The molecule has 2 aromatic rings. The van der Waals surface area contributed by atoms with E-state index >= 15 is 0 Å². The van der Waals surface area contributed by atoms with Crippen LogP contribution >= 0.6 is 0 Å². The Morgan fingerprint density at radius 3 is 3.06 bits per heavy atom. The molecule has 0 saturated carbocycles. The predicted octanol–water partition coefficient (Wildman–Crippen LogP) is 2.12. The van der Waals surface area contributed by atoms with Crippen molar-refractivity contribution in [3.63, 3.8) is 0 Å². The second-order valence-electron chi connectivity index (χ2n) is 3.95. The third-order valence-corrected chi connectivity index (χ3v) is 2.80. The highest BCUT2D eigenvalue weighted by Gasteiger charge is 2.18. The van der Waals surface area contributed by atoms with Gasteiger partial charge in [0.05, 0.1) is 12.1 Å². The summed E-state index contributed by atoms with van der Waals surface area (Å²) in [5.74, 6) is 1.04. The fraction of sp³-hybridized carbons (Fsp3) is 0.308. The average molecular weight is 247 g/mol. The van der Waals surface area contributed by atoms with Crippen LogP contribution in [0.2, 0.25) is 0 Å². The summed E-state index contributed by atoms with van der Waals surface area (Å²) in [6.07, 6.45) is 0. The molecule has 1 aromatic heterocycles. The minimum absolute atomic E-state index is 0.353. The van der Waals surface area contributed by atoms with Crippen LogP contribution in [0.15, 0.2) is 18.2 Å². The molecule has 2 heterocycles. The van der Waals surface area contributed by atoms with Crippen LogP contribution in [0.4, 0.5) is 0 Å². The fourth-order valence-corrected chi connectivity index (χ4v) is 2.03. The molecule has 1 aliphatic rings. The summed E-state index contributed by atoms with van der Waals surface area (Å²) in [5.41, 5.74) is 1.26. The Morgan fingerprint density at radius 1 is 1.39 bits per heavy atom. The molecule has 5 nitrogen and oxygen atoms in total. The first kappa shape index (κ1) is 11.0. The Labute approximate surface area is 104 Å². The van der Waals surface area contributed by atoms with E-state index in [1.54, 1.807) is 13.0 Å². The van der Waals surface area contributed by atoms with Crippen LogP contribution < -0.4 is 9.47 Å². The van der Waals surface area contributed by atoms with E-state index < -0.39 is 0 Å². The van der Waals surface area contributed by atoms with E-state index in [1.807, 2.05) is 12.1 Å². The standard InChI is InChI=1S/C13H13NO4/c1-2-16-13(15)10-7-8-9(14-10)3-4-11-12(8)18-6-5-17-11/h3-4,7,14H,2,5-6H2,1H3. The third kappa shape index (κ3) is 1.68. The number of benzene rings is 1. The Balaban J connectivity index is 2.09. The van der Waals surface area contributed by atoms with Gasteiger partial charge in [0.1, 0.15) is 18.9 Å². The van der Waals surface area contributed by atoms with Crippen LogP contribution in [-0.2, 0) is 4.74 Å². The first-order valence-electron chi connectivity index (χ1n) is 5.88. The van der Waals surface area contributed by atoms with Gasteiger partial charge in [-0.05, 0) is 25.1 Å². The Bertz CT molecular complexity index is 602. The molecule has 1 N–H and O–H groups in total. The van der Waals surface area contributed by atoms with E-state index in [2.05, 4.69) is 4.98 Å². The van der Waals surface area contributed by atoms with Gasteiger partial charge >= 0.3 is 5.97 Å². The molecule has 0 radical (unpaired) electrons. The molecule has 1 aliphatic heterocycles. The molecule has 1 aromatic carbocycles. The van der Waals surface area contributed by atoms with Gasteiger partial charge in [-0.25, -0.2) is 4.79 Å². The molecule has 94 valence electrons. The first-order chi connectivity index (χ1) is 8.79. The van der Waals surface area contributed by atoms with Crippen LogP contribution in [0.25, 0.3) is 10.9 Å². The largest absolute Gasteiger partial charge is 0.486 e. The SMILES string of the molecule is CCOC(=O)c1cc2c3c(ccc2[nH]1)OCCO3. The van der Waals surface area contributed by atoms with Crippen molar-refractivity contribution < 1.29 is 19.0 Å². The Hall–Kier alpha value is -2.17. The van der Waals surface area contributed by atoms with Gasteiger partial charge < -0.3 is 19.2 Å². The number of nitrogens with one attached hydrogen (secondary N) is 1. The molecule has 0 spiro atoms. The van der Waals surface area contributed by atoms with Crippen LogP contribution in [0.5, 0.6) is 11.5 Å². The van der Waals surface area contributed by atoms with Gasteiger partial charge in [0.15, 0.2) is 11.5 Å². The van der Waals surface area contributed by atoms with Gasteiger partial charge in [-0.3, -0.25) is 0 Å². The zero-order valence-electron chi connectivity index (χ0n) is 9.99. The van der Waals surface area contributed by atoms with Crippen molar-refractivity contribution in [2.45, 2.75) is 6.92 Å². The number of fused-ring (bicyclic) bond motifs is 3. The molecule has 3 rings (SSSR count). The number of hydrogen-bond acceptors (Lipinski definition) is 4. The van der Waals surface area contributed by atoms with Gasteiger partial charge in [-0.1, -0.05) is 0 Å². The molecular weight excluding hydrogens is 234 g/mol. The highest BCUT2D eigenvalue weighted by Crippen LogP contribution is 2.37. The first-order valence-corrected chi connectivity index (χ1v) is 5.88. The lowest BCUT2D eigenvalue weighted by Crippen LogP contribution is -2.15. The maximum Gasteiger partial charge on any atom is 0.354 e. The van der Waals surface area contributed by atoms with Gasteiger partial charge in [0.2, 0.25) is 0 Å². The van der Waals surface area contributed by atoms with Crippen molar-refractivity contribution in [3.8, 4) is 11.5 Å². The minimum Gasteiger partial charge on any atom is -0.486 e. The van der Waals surface area contributed by atoms with Gasteiger partial charge in [-0.15, -0.1) is 0 Å². The maximum atomic E-state index is 11.7. The molecule has 5 heteroatoms. The van der Waals surface area contributed by atoms with Crippen molar-refractivity contribution >= 4 is 16.9 Å². The van der Waals surface area contributed by atoms with Gasteiger partial charge in [0, 0.05) is 5.39 Å². The number of ether oxygens (including phenoxy) is 3. The van der Waals surface area contributed by atoms with E-state index in [4.69, 9.17) is 14.2 Å². The minimum atomic E-state index is -0.362. The summed E-state index contributed by atoms with van der Waals surface area (Å²) in [4.78, 5) is 14.7. The number of rotatable bonds is 2. The maximum absolute atomic E-state index is 11.7. The second kappa shape index (κ2) is 4.25. The van der Waals surface area contributed by atoms with Crippen molar-refractivity contribution in [3.05, 3.63) is 23.9 Å². The van der Waals surface area contributed by atoms with E-state index in [-0.39, 0.29) is 5.97 Å². The monoisotopic (exact) mass is 247 g/mol. The highest BCUT2D eigenvalue weighted by atomic mass is 16.6. The lowest BCUT2D eigenvalue weighted by atomic mass is 10.2. The number of aromatic nitrogens is 1. The molecule has 0 unspecified atom stereocenters. The number of carbonyl (C=O) groups is 1. The second-order valence-corrected chi connectivity index (χ2v) is 3.95. The average Bonchev–Trinajstić information content (AvgIpc) is 2.83. The molecule has 0 atom stereocenters. The lowest BCUT2D eigenvalue weighted by molar-refractivity contribution is 0.0520. The number of H-pyrrole nitrogens is 1. The summed E-state index contributed by atoms with van der Waals surface area (Å²) in [5, 5.41) is 0.843. The summed E-state index contributed by atoms with van der Waals surface area (Å²) >= 11 is 0. The molecule has 0 aliphatic carbocycles. The van der Waals surface area contributed by atoms with Gasteiger partial charge in [0.25, 0.3) is 0 Å². The number of aromatic amines is 1. The van der Waals surface area contributed by atoms with E-state index in [0.29, 0.717) is 37.0 Å². The summed E-state index contributed by atoms with van der Waals surface area (Å²) in [6, 6.07) is 5.44. The Kier molecular flexibility index (Phi) is 2.59. The number of esters is 1. The van der Waals surface area contributed by atoms with E-state index in [1.165, 1.54) is 0 Å². The molecule has 0 bridgehead atoms. The van der Waals surface area contributed by atoms with Crippen LogP contribution in [-0.4, -0.2) is 30.8 Å². The van der Waals surface area contributed by atoms with Crippen molar-refractivity contribution in [2.24, 2.45) is 0 Å². The van der Waals surface area contributed by atoms with E-state index in [9.17, 15) is 4.79 Å². The predicted molar refractivity (Wildman–Crippen MR) is 65.2 cm³/mol. The summed E-state index contributed by atoms with van der Waals surface area (Å²) < 4.78 is 16.0. The number of carbonyl (C=O) groups excluding carboxylic acids is 1. The zero-order chi connectivity index (χ0) is 12.5. The van der Waals surface area contributed by atoms with Crippen LogP contribution in [0.3, 0.4) is 0 Å². The third-order valence-electron chi connectivity index (χ3n) is 2.80. The number of hydrogen-bond donors (Lipinski definition) is 1. The topological polar surface area (TPSA) is 60.6 Å². The van der Waals surface area contributed by atoms with Gasteiger partial charge in [-0.2, -0.15) is 0 Å². The highest BCUT2D eigenvalue weighted by molar-refractivity contribution is 5.98. The Morgan fingerprint density at radius 2 is 2.22 bits per heavy atom. The molecular formula is C13H13NO4. The molecule has 0 fully saturated rings. The van der Waals surface area contributed by atoms with Crippen molar-refractivity contribution in [2.75, 3.05) is 19.8 Å². The zero-order valence-corrected chi connectivity index (χ0v) is 9.99. The normalized spacial score (nSPS) is 13.6. The molecule has 0 saturated heterocycles. The van der Waals surface area contributed by atoms with Crippen molar-refractivity contribution in [1.29, 1.82) is 0 Å². The quantitative estimate of drug-likeness (QED) is 0.826. The van der Waals surface area contributed by atoms with E-state index in [0.717, 1.165) is 10.9 Å². The van der Waals surface area contributed by atoms with Crippen LogP contribution in [0.1, 0.15) is 17.4 Å². The smallest absolute Gasteiger partial charge is 0.354 e.